The average Bonchev–Trinajstić information content (AvgIpc) is 2.79. The lowest BCUT2D eigenvalue weighted by atomic mass is 10.0. The third kappa shape index (κ3) is 3.32. The highest BCUT2D eigenvalue weighted by Crippen LogP contribution is 2.33. The topological polar surface area (TPSA) is 46.6 Å². The molecule has 0 fully saturated rings. The number of hydrogen-bond acceptors (Lipinski definition) is 3. The monoisotopic (exact) mass is 333 g/mol. The number of benzene rings is 1. The van der Waals surface area contributed by atoms with Crippen LogP contribution in [0.2, 0.25) is 5.02 Å². The summed E-state index contributed by atoms with van der Waals surface area (Å²) in [5.41, 5.74) is 2.12. The maximum atomic E-state index is 12.8. The largest absolute Gasteiger partial charge is 0.465 e. The summed E-state index contributed by atoms with van der Waals surface area (Å²) in [7, 11) is 1.32. The van der Waals surface area contributed by atoms with Gasteiger partial charge in [-0.15, -0.1) is 0 Å². The molecule has 1 atom stereocenters. The van der Waals surface area contributed by atoms with Crippen molar-refractivity contribution in [3.05, 3.63) is 51.7 Å². The van der Waals surface area contributed by atoms with E-state index in [1.165, 1.54) is 7.11 Å². The fourth-order valence-corrected chi connectivity index (χ4v) is 2.76. The predicted molar refractivity (Wildman–Crippen MR) is 90.7 cm³/mol. The molecule has 0 N–H and O–H groups in total. The van der Waals surface area contributed by atoms with Crippen LogP contribution in [-0.4, -0.2) is 29.9 Å². The van der Waals surface area contributed by atoms with E-state index in [9.17, 15) is 9.59 Å². The normalized spacial score (nSPS) is 17.9. The van der Waals surface area contributed by atoms with Gasteiger partial charge in [0, 0.05) is 16.8 Å². The summed E-state index contributed by atoms with van der Waals surface area (Å²) in [5, 5.41) is 0.617. The van der Waals surface area contributed by atoms with E-state index in [1.807, 2.05) is 13.8 Å². The number of amides is 1. The standard InChI is InChI=1S/C18H20ClNO3/c1-5-11(2)20-12(3)16(18(22)23-4)15(17(20)21)10-13-6-8-14(19)9-7-13/h6-11H,5H2,1-4H3/b15-10-/t11-/m0/s1. The summed E-state index contributed by atoms with van der Waals surface area (Å²) in [5.74, 6) is -0.672. The molecule has 0 bridgehead atoms. The van der Waals surface area contributed by atoms with Gasteiger partial charge in [0.05, 0.1) is 18.3 Å². The number of rotatable bonds is 4. The van der Waals surface area contributed by atoms with Crippen LogP contribution >= 0.6 is 11.6 Å². The maximum absolute atomic E-state index is 12.8. The predicted octanol–water partition coefficient (Wildman–Crippen LogP) is 3.81. The lowest BCUT2D eigenvalue weighted by Gasteiger charge is -2.24. The Hall–Kier alpha value is -2.07. The van der Waals surface area contributed by atoms with E-state index in [-0.39, 0.29) is 11.9 Å². The van der Waals surface area contributed by atoms with Crippen LogP contribution in [0, 0.1) is 0 Å². The first kappa shape index (κ1) is 17.3. The van der Waals surface area contributed by atoms with Crippen molar-refractivity contribution >= 4 is 29.6 Å². The zero-order valence-corrected chi connectivity index (χ0v) is 14.5. The van der Waals surface area contributed by atoms with Gasteiger partial charge in [0.1, 0.15) is 0 Å². The number of halogens is 1. The second-order valence-electron chi connectivity index (χ2n) is 5.49. The minimum absolute atomic E-state index is 0.0123. The zero-order valence-electron chi connectivity index (χ0n) is 13.7. The van der Waals surface area contributed by atoms with Crippen LogP contribution in [-0.2, 0) is 14.3 Å². The van der Waals surface area contributed by atoms with Crippen molar-refractivity contribution in [1.82, 2.24) is 4.90 Å². The van der Waals surface area contributed by atoms with Crippen LogP contribution in [0.3, 0.4) is 0 Å². The van der Waals surface area contributed by atoms with Crippen LogP contribution < -0.4 is 0 Å². The van der Waals surface area contributed by atoms with Crippen molar-refractivity contribution < 1.29 is 14.3 Å². The highest BCUT2D eigenvalue weighted by molar-refractivity contribution is 6.30. The van der Waals surface area contributed by atoms with Crippen LogP contribution in [0.15, 0.2) is 41.1 Å². The molecule has 23 heavy (non-hydrogen) atoms. The Balaban J connectivity index is 2.54. The van der Waals surface area contributed by atoms with Crippen molar-refractivity contribution in [1.29, 1.82) is 0 Å². The lowest BCUT2D eigenvalue weighted by Crippen LogP contribution is -2.33. The number of carbonyl (C=O) groups is 2. The van der Waals surface area contributed by atoms with Crippen molar-refractivity contribution in [2.24, 2.45) is 0 Å². The van der Waals surface area contributed by atoms with Gasteiger partial charge in [0.15, 0.2) is 0 Å². The summed E-state index contributed by atoms with van der Waals surface area (Å²) in [4.78, 5) is 26.6. The third-order valence-electron chi connectivity index (χ3n) is 4.04. The molecule has 0 saturated carbocycles. The van der Waals surface area contributed by atoms with Gasteiger partial charge in [-0.05, 0) is 44.0 Å². The molecule has 122 valence electrons. The molecular formula is C18H20ClNO3. The summed E-state index contributed by atoms with van der Waals surface area (Å²) in [6, 6.07) is 7.11. The number of methoxy groups -OCH3 is 1. The molecule has 1 aromatic rings. The number of hydrogen-bond donors (Lipinski definition) is 0. The third-order valence-corrected chi connectivity index (χ3v) is 4.30. The van der Waals surface area contributed by atoms with E-state index in [1.54, 1.807) is 42.2 Å². The number of ether oxygens (including phenoxy) is 1. The molecule has 0 aromatic heterocycles. The summed E-state index contributed by atoms with van der Waals surface area (Å²) < 4.78 is 4.86. The number of nitrogens with zero attached hydrogens (tertiary/aromatic N) is 1. The van der Waals surface area contributed by atoms with Crippen LogP contribution in [0.5, 0.6) is 0 Å². The molecule has 0 unspecified atom stereocenters. The van der Waals surface area contributed by atoms with Gasteiger partial charge in [-0.1, -0.05) is 30.7 Å². The molecule has 0 saturated heterocycles. The number of carbonyl (C=O) groups excluding carboxylic acids is 2. The molecule has 1 amide bonds. The Labute approximate surface area is 141 Å². The maximum Gasteiger partial charge on any atom is 0.340 e. The van der Waals surface area contributed by atoms with Gasteiger partial charge < -0.3 is 9.64 Å². The van der Waals surface area contributed by atoms with Crippen molar-refractivity contribution in [2.45, 2.75) is 33.2 Å². The highest BCUT2D eigenvalue weighted by atomic mass is 35.5. The second-order valence-corrected chi connectivity index (χ2v) is 5.93. The SMILES string of the molecule is CC[C@H](C)N1C(=O)/C(=C\c2ccc(Cl)cc2)C(C(=O)OC)=C1C. The molecule has 1 aliphatic heterocycles. The summed E-state index contributed by atoms with van der Waals surface area (Å²) in [6.07, 6.45) is 2.50. The van der Waals surface area contributed by atoms with E-state index in [4.69, 9.17) is 16.3 Å². The molecule has 1 aliphatic rings. The van der Waals surface area contributed by atoms with Crippen molar-refractivity contribution in [3.8, 4) is 0 Å². The van der Waals surface area contributed by atoms with E-state index >= 15 is 0 Å². The van der Waals surface area contributed by atoms with Crippen LogP contribution in [0.4, 0.5) is 0 Å². The Morgan fingerprint density at radius 1 is 1.35 bits per heavy atom. The molecular weight excluding hydrogens is 314 g/mol. The van der Waals surface area contributed by atoms with Gasteiger partial charge in [-0.2, -0.15) is 0 Å². The second kappa shape index (κ2) is 7.01. The first-order chi connectivity index (χ1) is 10.9. The van der Waals surface area contributed by atoms with Gasteiger partial charge in [-0.3, -0.25) is 4.79 Å². The molecule has 0 spiro atoms. The molecule has 5 heteroatoms. The smallest absolute Gasteiger partial charge is 0.340 e. The summed E-state index contributed by atoms with van der Waals surface area (Å²) >= 11 is 5.89. The summed E-state index contributed by atoms with van der Waals surface area (Å²) in [6.45, 7) is 5.74. The minimum atomic E-state index is -0.498. The van der Waals surface area contributed by atoms with Crippen molar-refractivity contribution in [2.75, 3.05) is 7.11 Å². The Kier molecular flexibility index (Phi) is 5.26. The Morgan fingerprint density at radius 3 is 2.48 bits per heavy atom. The van der Waals surface area contributed by atoms with E-state index in [0.717, 1.165) is 12.0 Å². The molecule has 2 rings (SSSR count). The molecule has 1 heterocycles. The molecule has 1 aromatic carbocycles. The lowest BCUT2D eigenvalue weighted by molar-refractivity contribution is -0.136. The van der Waals surface area contributed by atoms with Gasteiger partial charge in [-0.25, -0.2) is 4.79 Å². The fraction of sp³-hybridized carbons (Fsp3) is 0.333. The minimum Gasteiger partial charge on any atom is -0.465 e. The molecule has 0 radical (unpaired) electrons. The molecule has 0 aliphatic carbocycles. The fourth-order valence-electron chi connectivity index (χ4n) is 2.64. The first-order valence-corrected chi connectivity index (χ1v) is 7.88. The van der Waals surface area contributed by atoms with Crippen molar-refractivity contribution in [3.63, 3.8) is 0 Å². The number of allylic oxidation sites excluding steroid dienone is 1. The van der Waals surface area contributed by atoms with E-state index < -0.39 is 5.97 Å². The van der Waals surface area contributed by atoms with Gasteiger partial charge in [0.2, 0.25) is 0 Å². The first-order valence-electron chi connectivity index (χ1n) is 7.51. The van der Waals surface area contributed by atoms with Crippen LogP contribution in [0.1, 0.15) is 32.8 Å². The molecule has 4 nitrogen and oxygen atoms in total. The Bertz CT molecular complexity index is 689. The average molecular weight is 334 g/mol. The van der Waals surface area contributed by atoms with Gasteiger partial charge in [0.25, 0.3) is 5.91 Å². The van der Waals surface area contributed by atoms with Crippen LogP contribution in [0.25, 0.3) is 6.08 Å². The quantitative estimate of drug-likeness (QED) is 0.621. The van der Waals surface area contributed by atoms with E-state index in [2.05, 4.69) is 0 Å². The highest BCUT2D eigenvalue weighted by Gasteiger charge is 2.38. The number of esters is 1. The van der Waals surface area contributed by atoms with E-state index in [0.29, 0.717) is 21.9 Å². The zero-order chi connectivity index (χ0) is 17.1. The Morgan fingerprint density at radius 2 is 1.96 bits per heavy atom. The van der Waals surface area contributed by atoms with Gasteiger partial charge >= 0.3 is 5.97 Å².